The van der Waals surface area contributed by atoms with Crippen molar-refractivity contribution < 1.29 is 9.72 Å². The van der Waals surface area contributed by atoms with Crippen LogP contribution in [0.3, 0.4) is 0 Å². The number of carbonyl (C=O) groups excluding carboxylic acids is 1. The number of rotatable bonds is 3. The third kappa shape index (κ3) is 2.42. The summed E-state index contributed by atoms with van der Waals surface area (Å²) in [5, 5.41) is 11.2. The summed E-state index contributed by atoms with van der Waals surface area (Å²) in [6, 6.07) is 0. The fraction of sp³-hybridized carbons (Fsp3) is 0.417. The van der Waals surface area contributed by atoms with Crippen LogP contribution in [0.5, 0.6) is 0 Å². The van der Waals surface area contributed by atoms with Crippen molar-refractivity contribution in [3.8, 4) is 0 Å². The molecular formula is C12H17N3O3. The largest absolute Gasteiger partial charge is 0.297 e. The lowest BCUT2D eigenvalue weighted by molar-refractivity contribution is -0.384. The minimum atomic E-state index is -0.432. The standard InChI is InChI=1S/C12H17N3O3/c1-6-7(2)9(4)12(15(17)18)11(8(6)3)14-13-10(5)16/h14H,1-5H3,(H,13,16). The van der Waals surface area contributed by atoms with Gasteiger partial charge in [0.05, 0.1) is 4.92 Å². The summed E-state index contributed by atoms with van der Waals surface area (Å²) in [4.78, 5) is 21.6. The zero-order valence-corrected chi connectivity index (χ0v) is 11.2. The molecule has 0 radical (unpaired) electrons. The smallest absolute Gasteiger partial charge is 0.292 e. The molecule has 0 bridgehead atoms. The molecule has 98 valence electrons. The molecule has 0 aliphatic heterocycles. The number of hydrazine groups is 1. The molecule has 6 nitrogen and oxygen atoms in total. The van der Waals surface area contributed by atoms with Crippen LogP contribution in [0.2, 0.25) is 0 Å². The highest BCUT2D eigenvalue weighted by molar-refractivity contribution is 5.78. The molecule has 6 heteroatoms. The highest BCUT2D eigenvalue weighted by atomic mass is 16.6. The number of benzene rings is 1. The molecular weight excluding hydrogens is 234 g/mol. The molecule has 1 aromatic carbocycles. The van der Waals surface area contributed by atoms with Gasteiger partial charge in [0.25, 0.3) is 5.69 Å². The fourth-order valence-corrected chi connectivity index (χ4v) is 1.82. The number of hydrogen-bond acceptors (Lipinski definition) is 4. The molecule has 0 heterocycles. The van der Waals surface area contributed by atoms with Gasteiger partial charge in [-0.05, 0) is 44.4 Å². The zero-order valence-electron chi connectivity index (χ0n) is 11.2. The molecule has 2 N–H and O–H groups in total. The van der Waals surface area contributed by atoms with Crippen LogP contribution in [0.25, 0.3) is 0 Å². The lowest BCUT2D eigenvalue weighted by atomic mass is 9.96. The zero-order chi connectivity index (χ0) is 14.0. The van der Waals surface area contributed by atoms with Crippen LogP contribution in [0.4, 0.5) is 11.4 Å². The van der Waals surface area contributed by atoms with Gasteiger partial charge in [0.2, 0.25) is 5.91 Å². The van der Waals surface area contributed by atoms with Gasteiger partial charge in [-0.15, -0.1) is 0 Å². The molecule has 0 unspecified atom stereocenters. The van der Waals surface area contributed by atoms with Gasteiger partial charge in [0.15, 0.2) is 0 Å². The molecule has 1 amide bonds. The summed E-state index contributed by atoms with van der Waals surface area (Å²) >= 11 is 0. The van der Waals surface area contributed by atoms with E-state index in [0.29, 0.717) is 11.3 Å². The number of anilines is 1. The predicted octanol–water partition coefficient (Wildman–Crippen LogP) is 2.29. The molecule has 0 fully saturated rings. The number of carbonyl (C=O) groups is 1. The van der Waals surface area contributed by atoms with E-state index in [0.717, 1.165) is 16.7 Å². The van der Waals surface area contributed by atoms with E-state index in [4.69, 9.17) is 0 Å². The molecule has 0 spiro atoms. The molecule has 1 aromatic rings. The Labute approximate surface area is 106 Å². The van der Waals surface area contributed by atoms with E-state index >= 15 is 0 Å². The van der Waals surface area contributed by atoms with E-state index in [9.17, 15) is 14.9 Å². The first-order valence-electron chi connectivity index (χ1n) is 5.54. The number of hydrogen-bond donors (Lipinski definition) is 2. The van der Waals surface area contributed by atoms with Gasteiger partial charge >= 0.3 is 0 Å². The Balaban J connectivity index is 3.46. The van der Waals surface area contributed by atoms with Crippen molar-refractivity contribution in [2.45, 2.75) is 34.6 Å². The lowest BCUT2D eigenvalue weighted by Crippen LogP contribution is -2.28. The van der Waals surface area contributed by atoms with Gasteiger partial charge in [-0.2, -0.15) is 0 Å². The fourth-order valence-electron chi connectivity index (χ4n) is 1.82. The predicted molar refractivity (Wildman–Crippen MR) is 69.5 cm³/mol. The van der Waals surface area contributed by atoms with Crippen LogP contribution in [-0.4, -0.2) is 10.8 Å². The number of amides is 1. The van der Waals surface area contributed by atoms with Crippen molar-refractivity contribution in [3.63, 3.8) is 0 Å². The van der Waals surface area contributed by atoms with E-state index in [-0.39, 0.29) is 11.6 Å². The second kappa shape index (κ2) is 5.03. The average molecular weight is 251 g/mol. The van der Waals surface area contributed by atoms with Gasteiger partial charge in [-0.3, -0.25) is 25.8 Å². The number of nitro groups is 1. The monoisotopic (exact) mass is 251 g/mol. The second-order valence-electron chi connectivity index (χ2n) is 4.29. The molecule has 0 saturated heterocycles. The first-order valence-corrected chi connectivity index (χ1v) is 5.54. The molecule has 18 heavy (non-hydrogen) atoms. The molecule has 0 aliphatic carbocycles. The van der Waals surface area contributed by atoms with Gasteiger partial charge in [0.1, 0.15) is 5.69 Å². The highest BCUT2D eigenvalue weighted by Gasteiger charge is 2.23. The van der Waals surface area contributed by atoms with Gasteiger partial charge < -0.3 is 0 Å². The third-order valence-corrected chi connectivity index (χ3v) is 3.20. The third-order valence-electron chi connectivity index (χ3n) is 3.20. The summed E-state index contributed by atoms with van der Waals surface area (Å²) in [5.41, 5.74) is 8.60. The summed E-state index contributed by atoms with van der Waals surface area (Å²) in [5.74, 6) is -0.306. The van der Waals surface area contributed by atoms with Gasteiger partial charge in [-0.1, -0.05) is 0 Å². The second-order valence-corrected chi connectivity index (χ2v) is 4.29. The van der Waals surface area contributed by atoms with Crippen molar-refractivity contribution in [2.24, 2.45) is 0 Å². The summed E-state index contributed by atoms with van der Waals surface area (Å²) < 4.78 is 0. The lowest BCUT2D eigenvalue weighted by Gasteiger charge is -2.16. The number of nitro benzene ring substituents is 1. The molecule has 0 saturated carbocycles. The summed E-state index contributed by atoms with van der Waals surface area (Å²) in [6.07, 6.45) is 0. The Morgan fingerprint density at radius 3 is 2.00 bits per heavy atom. The van der Waals surface area contributed by atoms with Crippen molar-refractivity contribution in [3.05, 3.63) is 32.4 Å². The highest BCUT2D eigenvalue weighted by Crippen LogP contribution is 2.36. The van der Waals surface area contributed by atoms with E-state index in [1.54, 1.807) is 13.8 Å². The quantitative estimate of drug-likeness (QED) is 0.637. The average Bonchev–Trinajstić information content (AvgIpc) is 2.28. The van der Waals surface area contributed by atoms with E-state index in [1.165, 1.54) is 6.92 Å². The van der Waals surface area contributed by atoms with Crippen LogP contribution in [0.1, 0.15) is 29.2 Å². The maximum Gasteiger partial charge on any atom is 0.297 e. The molecule has 0 aromatic heterocycles. The maximum absolute atomic E-state index is 11.2. The Bertz CT molecular complexity index is 524. The summed E-state index contributed by atoms with van der Waals surface area (Å²) in [7, 11) is 0. The SMILES string of the molecule is CC(=O)NNc1c(C)c(C)c(C)c(C)c1[N+](=O)[O-]. The van der Waals surface area contributed by atoms with Crippen molar-refractivity contribution in [2.75, 3.05) is 5.43 Å². The topological polar surface area (TPSA) is 84.3 Å². The first-order chi connectivity index (χ1) is 8.27. The van der Waals surface area contributed by atoms with Crippen LogP contribution < -0.4 is 10.9 Å². The van der Waals surface area contributed by atoms with Crippen molar-refractivity contribution >= 4 is 17.3 Å². The normalized spacial score (nSPS) is 10.1. The van der Waals surface area contributed by atoms with E-state index in [2.05, 4.69) is 10.9 Å². The van der Waals surface area contributed by atoms with Crippen LogP contribution in [0.15, 0.2) is 0 Å². The van der Waals surface area contributed by atoms with Gasteiger partial charge in [0, 0.05) is 12.5 Å². The number of nitrogens with zero attached hydrogens (tertiary/aromatic N) is 1. The molecule has 0 atom stereocenters. The molecule has 1 rings (SSSR count). The number of nitrogens with one attached hydrogen (secondary N) is 2. The van der Waals surface area contributed by atoms with Crippen molar-refractivity contribution in [1.82, 2.24) is 5.43 Å². The van der Waals surface area contributed by atoms with Crippen LogP contribution >= 0.6 is 0 Å². The Hall–Kier alpha value is -2.11. The van der Waals surface area contributed by atoms with E-state index in [1.807, 2.05) is 13.8 Å². The Morgan fingerprint density at radius 2 is 1.56 bits per heavy atom. The minimum absolute atomic E-state index is 0.00403. The Kier molecular flexibility index (Phi) is 3.90. The minimum Gasteiger partial charge on any atom is -0.292 e. The van der Waals surface area contributed by atoms with E-state index < -0.39 is 4.92 Å². The van der Waals surface area contributed by atoms with Crippen LogP contribution in [0, 0.1) is 37.8 Å². The maximum atomic E-state index is 11.2. The Morgan fingerprint density at radius 1 is 1.06 bits per heavy atom. The van der Waals surface area contributed by atoms with Crippen LogP contribution in [-0.2, 0) is 4.79 Å². The summed E-state index contributed by atoms with van der Waals surface area (Å²) in [6.45, 7) is 8.59. The van der Waals surface area contributed by atoms with Crippen molar-refractivity contribution in [1.29, 1.82) is 0 Å². The van der Waals surface area contributed by atoms with Gasteiger partial charge in [-0.25, -0.2) is 0 Å². The molecule has 0 aliphatic rings. The first kappa shape index (κ1) is 14.0.